The second kappa shape index (κ2) is 7.35. The van der Waals surface area contributed by atoms with Crippen LogP contribution in [-0.2, 0) is 12.5 Å². The number of rotatable bonds is 4. The van der Waals surface area contributed by atoms with E-state index in [0.717, 1.165) is 23.5 Å². The van der Waals surface area contributed by atoms with E-state index in [1.54, 1.807) is 18.4 Å². The zero-order valence-electron chi connectivity index (χ0n) is 16.3. The van der Waals surface area contributed by atoms with Gasteiger partial charge >= 0.3 is 6.01 Å². The summed E-state index contributed by atoms with van der Waals surface area (Å²) in [4.78, 5) is 23.7. The number of methoxy groups -OCH3 is 1. The second-order valence-electron chi connectivity index (χ2n) is 7.04. The standard InChI is InChI=1S/C20H23N5O2S/c1-14-21-16(13-28-14)20(15-7-5-4-6-8-15)9-11-25(12-10-20)18(26)17-22-19(27-3)24(2)23-17/h4-8,13H,9-12H2,1-3H3. The Morgan fingerprint density at radius 2 is 1.89 bits per heavy atom. The maximum Gasteiger partial charge on any atom is 0.314 e. The molecule has 1 fully saturated rings. The van der Waals surface area contributed by atoms with Crippen molar-refractivity contribution in [2.45, 2.75) is 25.2 Å². The Balaban J connectivity index is 1.59. The Labute approximate surface area is 168 Å². The number of hydrogen-bond acceptors (Lipinski definition) is 6. The van der Waals surface area contributed by atoms with E-state index in [1.807, 2.05) is 17.9 Å². The normalized spacial score (nSPS) is 16.2. The Morgan fingerprint density at radius 3 is 2.46 bits per heavy atom. The van der Waals surface area contributed by atoms with Crippen molar-refractivity contribution in [1.82, 2.24) is 24.6 Å². The van der Waals surface area contributed by atoms with Crippen LogP contribution in [0.5, 0.6) is 6.01 Å². The Kier molecular flexibility index (Phi) is 4.89. The van der Waals surface area contributed by atoms with Gasteiger partial charge in [0, 0.05) is 30.9 Å². The third-order valence-corrected chi connectivity index (χ3v) is 6.21. The highest BCUT2D eigenvalue weighted by molar-refractivity contribution is 7.09. The fourth-order valence-electron chi connectivity index (χ4n) is 3.90. The number of ether oxygens (including phenoxy) is 1. The number of thiazole rings is 1. The third-order valence-electron chi connectivity index (χ3n) is 5.44. The molecule has 0 atom stereocenters. The maximum absolute atomic E-state index is 12.9. The molecule has 2 aromatic heterocycles. The molecule has 3 aromatic rings. The molecular weight excluding hydrogens is 374 g/mol. The summed E-state index contributed by atoms with van der Waals surface area (Å²) in [6.45, 7) is 3.29. The van der Waals surface area contributed by atoms with Crippen LogP contribution in [0, 0.1) is 6.92 Å². The van der Waals surface area contributed by atoms with Crippen molar-refractivity contribution in [2.24, 2.45) is 7.05 Å². The Hall–Kier alpha value is -2.74. The molecule has 0 radical (unpaired) electrons. The van der Waals surface area contributed by atoms with Gasteiger partial charge in [-0.3, -0.25) is 4.79 Å². The fourth-order valence-corrected chi connectivity index (χ4v) is 4.62. The van der Waals surface area contributed by atoms with Crippen LogP contribution in [0.4, 0.5) is 0 Å². The van der Waals surface area contributed by atoms with Crippen molar-refractivity contribution >= 4 is 17.2 Å². The molecule has 1 aliphatic rings. The van der Waals surface area contributed by atoms with Crippen LogP contribution < -0.4 is 4.74 Å². The van der Waals surface area contributed by atoms with Gasteiger partial charge in [0.25, 0.3) is 5.91 Å². The van der Waals surface area contributed by atoms with Crippen LogP contribution in [0.2, 0.25) is 0 Å². The molecule has 7 nitrogen and oxygen atoms in total. The SMILES string of the molecule is COc1nc(C(=O)N2CCC(c3ccccc3)(c3csc(C)n3)CC2)nn1C. The quantitative estimate of drug-likeness (QED) is 0.677. The molecule has 4 rings (SSSR count). The van der Waals surface area contributed by atoms with Crippen molar-refractivity contribution in [3.8, 4) is 6.01 Å². The molecule has 0 spiro atoms. The molecule has 0 aliphatic carbocycles. The minimum absolute atomic E-state index is 0.157. The van der Waals surface area contributed by atoms with Gasteiger partial charge in [-0.15, -0.1) is 16.4 Å². The molecule has 1 saturated heterocycles. The van der Waals surface area contributed by atoms with Gasteiger partial charge in [-0.05, 0) is 25.3 Å². The van der Waals surface area contributed by atoms with Gasteiger partial charge in [-0.25, -0.2) is 9.67 Å². The van der Waals surface area contributed by atoms with E-state index >= 15 is 0 Å². The molecule has 0 unspecified atom stereocenters. The lowest BCUT2D eigenvalue weighted by molar-refractivity contribution is 0.0671. The summed E-state index contributed by atoms with van der Waals surface area (Å²) in [6, 6.07) is 10.8. The lowest BCUT2D eigenvalue weighted by atomic mass is 9.70. The molecule has 3 heterocycles. The average molecular weight is 398 g/mol. The summed E-state index contributed by atoms with van der Waals surface area (Å²) in [7, 11) is 3.23. The summed E-state index contributed by atoms with van der Waals surface area (Å²) in [6.07, 6.45) is 1.63. The summed E-state index contributed by atoms with van der Waals surface area (Å²) in [5.41, 5.74) is 2.19. The van der Waals surface area contributed by atoms with Gasteiger partial charge in [0.15, 0.2) is 0 Å². The van der Waals surface area contributed by atoms with Crippen LogP contribution in [-0.4, -0.2) is 50.8 Å². The predicted octanol–water partition coefficient (Wildman–Crippen LogP) is 2.81. The number of likely N-dealkylation sites (tertiary alicyclic amines) is 1. The highest BCUT2D eigenvalue weighted by Crippen LogP contribution is 2.42. The Morgan fingerprint density at radius 1 is 1.18 bits per heavy atom. The summed E-state index contributed by atoms with van der Waals surface area (Å²) in [5.74, 6) is 0.0195. The van der Waals surface area contributed by atoms with Crippen molar-refractivity contribution in [2.75, 3.05) is 20.2 Å². The number of aromatic nitrogens is 4. The molecule has 0 N–H and O–H groups in total. The highest BCUT2D eigenvalue weighted by Gasteiger charge is 2.41. The molecule has 28 heavy (non-hydrogen) atoms. The van der Waals surface area contributed by atoms with Crippen molar-refractivity contribution in [3.05, 3.63) is 57.8 Å². The third kappa shape index (κ3) is 3.17. The smallest absolute Gasteiger partial charge is 0.314 e. The first-order chi connectivity index (χ1) is 13.5. The summed E-state index contributed by atoms with van der Waals surface area (Å²) >= 11 is 1.67. The van der Waals surface area contributed by atoms with Gasteiger partial charge in [-0.1, -0.05) is 30.3 Å². The van der Waals surface area contributed by atoms with Crippen LogP contribution in [0.3, 0.4) is 0 Å². The van der Waals surface area contributed by atoms with Gasteiger partial charge < -0.3 is 9.64 Å². The number of aryl methyl sites for hydroxylation is 2. The van der Waals surface area contributed by atoms with Crippen LogP contribution in [0.15, 0.2) is 35.7 Å². The van der Waals surface area contributed by atoms with E-state index in [1.165, 1.54) is 17.4 Å². The largest absolute Gasteiger partial charge is 0.467 e. The molecule has 1 amide bonds. The van der Waals surface area contributed by atoms with Crippen LogP contribution >= 0.6 is 11.3 Å². The first kappa shape index (κ1) is 18.6. The molecule has 1 aromatic carbocycles. The average Bonchev–Trinajstić information content (AvgIpc) is 3.34. The summed E-state index contributed by atoms with van der Waals surface area (Å²) in [5, 5.41) is 7.41. The van der Waals surface area contributed by atoms with E-state index in [0.29, 0.717) is 19.1 Å². The van der Waals surface area contributed by atoms with Gasteiger partial charge in [0.05, 0.1) is 17.8 Å². The number of carbonyl (C=O) groups is 1. The first-order valence-corrected chi connectivity index (χ1v) is 10.1. The minimum Gasteiger partial charge on any atom is -0.467 e. The second-order valence-corrected chi connectivity index (χ2v) is 8.10. The topological polar surface area (TPSA) is 73.1 Å². The van der Waals surface area contributed by atoms with E-state index < -0.39 is 0 Å². The highest BCUT2D eigenvalue weighted by atomic mass is 32.1. The van der Waals surface area contributed by atoms with Crippen molar-refractivity contribution in [1.29, 1.82) is 0 Å². The molecule has 0 saturated carbocycles. The Bertz CT molecular complexity index is 974. The zero-order chi connectivity index (χ0) is 19.7. The number of benzene rings is 1. The molecule has 0 bridgehead atoms. The maximum atomic E-state index is 12.9. The number of hydrogen-bond donors (Lipinski definition) is 0. The van der Waals surface area contributed by atoms with Gasteiger partial charge in [-0.2, -0.15) is 4.98 Å². The number of nitrogens with zero attached hydrogens (tertiary/aromatic N) is 5. The lowest BCUT2D eigenvalue weighted by Gasteiger charge is -2.41. The molecule has 8 heteroatoms. The summed E-state index contributed by atoms with van der Waals surface area (Å²) < 4.78 is 6.60. The van der Waals surface area contributed by atoms with Gasteiger partial charge in [0.2, 0.25) is 5.82 Å². The number of carbonyl (C=O) groups excluding carboxylic acids is 1. The van der Waals surface area contributed by atoms with E-state index in [9.17, 15) is 4.79 Å². The molecule has 146 valence electrons. The molecular formula is C20H23N5O2S. The monoisotopic (exact) mass is 397 g/mol. The van der Waals surface area contributed by atoms with Crippen molar-refractivity contribution in [3.63, 3.8) is 0 Å². The number of piperidine rings is 1. The van der Waals surface area contributed by atoms with Crippen LogP contribution in [0.1, 0.15) is 39.7 Å². The minimum atomic E-state index is -0.169. The molecule has 1 aliphatic heterocycles. The lowest BCUT2D eigenvalue weighted by Crippen LogP contribution is -2.46. The first-order valence-electron chi connectivity index (χ1n) is 9.26. The van der Waals surface area contributed by atoms with Gasteiger partial charge in [0.1, 0.15) is 0 Å². The fraction of sp³-hybridized carbons (Fsp3) is 0.400. The zero-order valence-corrected chi connectivity index (χ0v) is 17.1. The predicted molar refractivity (Wildman–Crippen MR) is 107 cm³/mol. The van der Waals surface area contributed by atoms with E-state index in [2.05, 4.69) is 39.7 Å². The van der Waals surface area contributed by atoms with Crippen molar-refractivity contribution < 1.29 is 9.53 Å². The van der Waals surface area contributed by atoms with E-state index in [4.69, 9.17) is 9.72 Å². The van der Waals surface area contributed by atoms with E-state index in [-0.39, 0.29) is 17.1 Å². The van der Waals surface area contributed by atoms with Crippen LogP contribution in [0.25, 0.3) is 0 Å². The number of amides is 1.